The van der Waals surface area contributed by atoms with Crippen molar-refractivity contribution in [3.05, 3.63) is 106 Å². The maximum atomic E-state index is 13.5. The fourth-order valence-electron chi connectivity index (χ4n) is 6.09. The number of aromatic amines is 1. The topological polar surface area (TPSA) is 102 Å². The smallest absolute Gasteiger partial charge is 0.339 e. The standard InChI is InChI=1S/C33H31N5O4S.2C2H6/c39-32(30-6-3-15-43-30)38-20-24-5-2-1-4-22(24)16-26(38)21-36-11-13-37(14-12-36)25-7-8-28(33(40)41)29(18-25)42-27-17-23-9-10-34-31(23)35-19-27;2*1-2/h1-10,15,17-19,26H,11-14,16,20-21H2,(H,34,35)(H,40,41);2*1-2H3. The number of rotatable bonds is 7. The number of benzene rings is 2. The molecule has 1 unspecified atom stereocenters. The highest BCUT2D eigenvalue weighted by Gasteiger charge is 2.33. The van der Waals surface area contributed by atoms with Crippen LogP contribution in [0.25, 0.3) is 11.0 Å². The number of ether oxygens (including phenoxy) is 1. The fourth-order valence-corrected chi connectivity index (χ4v) is 6.77. The molecule has 0 radical (unpaired) electrons. The molecule has 2 aromatic carbocycles. The number of carbonyl (C=O) groups excluding carboxylic acids is 1. The van der Waals surface area contributed by atoms with Crippen molar-refractivity contribution in [2.45, 2.75) is 46.7 Å². The van der Waals surface area contributed by atoms with Crippen molar-refractivity contribution in [2.24, 2.45) is 0 Å². The molecule has 3 aromatic heterocycles. The summed E-state index contributed by atoms with van der Waals surface area (Å²) in [5.41, 5.74) is 4.30. The van der Waals surface area contributed by atoms with E-state index in [0.717, 1.165) is 60.7 Å². The van der Waals surface area contributed by atoms with E-state index in [0.29, 0.717) is 12.3 Å². The zero-order valence-electron chi connectivity index (χ0n) is 27.5. The lowest BCUT2D eigenvalue weighted by molar-refractivity contribution is 0.0580. The SMILES string of the molecule is CC.CC.O=C(O)c1ccc(N2CCN(CC3Cc4ccccc4CN3C(=O)c3cccs3)CC2)cc1Oc1cnc2[nH]ccc2c1. The highest BCUT2D eigenvalue weighted by molar-refractivity contribution is 7.12. The average Bonchev–Trinajstić information content (AvgIpc) is 3.83. The molecule has 2 aliphatic heterocycles. The Balaban J connectivity index is 0.00000105. The van der Waals surface area contributed by atoms with Crippen LogP contribution in [0.3, 0.4) is 0 Å². The first-order valence-electron chi connectivity index (χ1n) is 16.4. The van der Waals surface area contributed by atoms with Crippen LogP contribution in [-0.2, 0) is 13.0 Å². The van der Waals surface area contributed by atoms with E-state index >= 15 is 0 Å². The molecule has 47 heavy (non-hydrogen) atoms. The summed E-state index contributed by atoms with van der Waals surface area (Å²) in [5, 5.41) is 12.7. The van der Waals surface area contributed by atoms with Crippen LogP contribution in [0.1, 0.15) is 58.9 Å². The van der Waals surface area contributed by atoms with Crippen molar-refractivity contribution < 1.29 is 19.4 Å². The number of carbonyl (C=O) groups is 2. The number of hydrogen-bond acceptors (Lipinski definition) is 7. The van der Waals surface area contributed by atoms with Gasteiger partial charge in [-0.15, -0.1) is 11.3 Å². The van der Waals surface area contributed by atoms with Crippen LogP contribution in [0.15, 0.2) is 84.5 Å². The molecule has 1 fully saturated rings. The third kappa shape index (κ3) is 7.66. The van der Waals surface area contributed by atoms with E-state index in [9.17, 15) is 14.7 Å². The second kappa shape index (κ2) is 15.8. The van der Waals surface area contributed by atoms with Crippen LogP contribution in [0.4, 0.5) is 5.69 Å². The number of nitrogens with one attached hydrogen (secondary N) is 1. The minimum absolute atomic E-state index is 0.0943. The lowest BCUT2D eigenvalue weighted by Crippen LogP contribution is -2.54. The molecule has 1 amide bonds. The van der Waals surface area contributed by atoms with Crippen molar-refractivity contribution in [3.8, 4) is 11.5 Å². The maximum Gasteiger partial charge on any atom is 0.339 e. The first kappa shape index (κ1) is 33.7. The molecule has 1 atom stereocenters. The van der Waals surface area contributed by atoms with Crippen LogP contribution < -0.4 is 9.64 Å². The summed E-state index contributed by atoms with van der Waals surface area (Å²) in [6, 6.07) is 21.4. The maximum absolute atomic E-state index is 13.5. The summed E-state index contributed by atoms with van der Waals surface area (Å²) >= 11 is 1.49. The molecule has 0 spiro atoms. The third-order valence-corrected chi connectivity index (χ3v) is 9.21. The van der Waals surface area contributed by atoms with Gasteiger partial charge in [0.2, 0.25) is 0 Å². The summed E-state index contributed by atoms with van der Waals surface area (Å²) in [7, 11) is 0. The molecule has 7 rings (SSSR count). The number of carboxylic acid groups (broad SMARTS) is 1. The van der Waals surface area contributed by atoms with Crippen LogP contribution in [0.5, 0.6) is 11.5 Å². The van der Waals surface area contributed by atoms with E-state index < -0.39 is 5.97 Å². The molecular weight excluding hydrogens is 611 g/mol. The molecule has 10 heteroatoms. The highest BCUT2D eigenvalue weighted by Crippen LogP contribution is 2.32. The molecule has 0 aliphatic carbocycles. The predicted octanol–water partition coefficient (Wildman–Crippen LogP) is 7.56. The van der Waals surface area contributed by atoms with Crippen molar-refractivity contribution in [1.29, 1.82) is 0 Å². The van der Waals surface area contributed by atoms with Gasteiger partial charge in [-0.2, -0.15) is 0 Å². The molecule has 2 N–H and O–H groups in total. The number of H-pyrrole nitrogens is 1. The van der Waals surface area contributed by atoms with Crippen molar-refractivity contribution in [3.63, 3.8) is 0 Å². The normalized spacial score (nSPS) is 16.0. The number of nitrogens with zero attached hydrogens (tertiary/aromatic N) is 4. The van der Waals surface area contributed by atoms with Gasteiger partial charge in [0.1, 0.15) is 22.7 Å². The van der Waals surface area contributed by atoms with E-state index in [1.807, 2.05) is 69.5 Å². The Bertz CT molecular complexity index is 1780. The molecular formula is C37H43N5O4S. The van der Waals surface area contributed by atoms with Crippen LogP contribution in [-0.4, -0.2) is 75.5 Å². The molecule has 5 aromatic rings. The number of piperazine rings is 1. The second-order valence-corrected chi connectivity index (χ2v) is 11.9. The number of anilines is 1. The number of aromatic nitrogens is 2. The van der Waals surface area contributed by atoms with E-state index in [-0.39, 0.29) is 23.3 Å². The lowest BCUT2D eigenvalue weighted by Gasteiger charge is -2.42. The number of hydrogen-bond donors (Lipinski definition) is 2. The molecule has 0 bridgehead atoms. The van der Waals surface area contributed by atoms with E-state index in [4.69, 9.17) is 4.74 Å². The van der Waals surface area contributed by atoms with Gasteiger partial charge in [0, 0.05) is 68.6 Å². The van der Waals surface area contributed by atoms with Crippen molar-refractivity contribution in [2.75, 3.05) is 37.6 Å². The first-order chi connectivity index (χ1) is 23.0. The monoisotopic (exact) mass is 653 g/mol. The van der Waals surface area contributed by atoms with Crippen molar-refractivity contribution >= 4 is 39.9 Å². The fraction of sp³-hybridized carbons (Fsp3) is 0.324. The Morgan fingerprint density at radius 2 is 1.72 bits per heavy atom. The van der Waals surface area contributed by atoms with Crippen LogP contribution in [0, 0.1) is 0 Å². The van der Waals surface area contributed by atoms with Gasteiger partial charge in [-0.05, 0) is 53.3 Å². The molecule has 2 aliphatic rings. The number of pyridine rings is 1. The van der Waals surface area contributed by atoms with E-state index in [1.165, 1.54) is 22.5 Å². The predicted molar refractivity (Wildman–Crippen MR) is 189 cm³/mol. The Hall–Kier alpha value is -4.67. The van der Waals surface area contributed by atoms with Crippen molar-refractivity contribution in [1.82, 2.24) is 19.8 Å². The first-order valence-corrected chi connectivity index (χ1v) is 17.3. The van der Waals surface area contributed by atoms with Gasteiger partial charge in [0.25, 0.3) is 5.91 Å². The van der Waals surface area contributed by atoms with Gasteiger partial charge in [0.15, 0.2) is 0 Å². The van der Waals surface area contributed by atoms with Gasteiger partial charge >= 0.3 is 5.97 Å². The zero-order chi connectivity index (χ0) is 33.3. The van der Waals surface area contributed by atoms with Crippen LogP contribution >= 0.6 is 11.3 Å². The van der Waals surface area contributed by atoms with E-state index in [1.54, 1.807) is 24.5 Å². The number of thiophene rings is 1. The summed E-state index contributed by atoms with van der Waals surface area (Å²) in [6.07, 6.45) is 4.23. The Morgan fingerprint density at radius 3 is 2.45 bits per heavy atom. The average molecular weight is 654 g/mol. The quantitative estimate of drug-likeness (QED) is 0.187. The highest BCUT2D eigenvalue weighted by atomic mass is 32.1. The summed E-state index contributed by atoms with van der Waals surface area (Å²) in [6.45, 7) is 12.7. The molecule has 9 nitrogen and oxygen atoms in total. The second-order valence-electron chi connectivity index (χ2n) is 11.0. The minimum Gasteiger partial charge on any atom is -0.478 e. The molecule has 246 valence electrons. The zero-order valence-corrected chi connectivity index (χ0v) is 28.3. The number of aromatic carboxylic acids is 1. The summed E-state index contributed by atoms with van der Waals surface area (Å²) < 4.78 is 6.06. The lowest BCUT2D eigenvalue weighted by atomic mass is 9.93. The third-order valence-electron chi connectivity index (χ3n) is 8.35. The largest absolute Gasteiger partial charge is 0.478 e. The minimum atomic E-state index is -1.04. The van der Waals surface area contributed by atoms with Gasteiger partial charge in [-0.1, -0.05) is 58.0 Å². The Labute approximate surface area is 280 Å². The van der Waals surface area contributed by atoms with Gasteiger partial charge < -0.3 is 24.6 Å². The number of amides is 1. The number of fused-ring (bicyclic) bond motifs is 2. The van der Waals surface area contributed by atoms with Gasteiger partial charge in [-0.25, -0.2) is 9.78 Å². The molecule has 5 heterocycles. The van der Waals surface area contributed by atoms with E-state index in [2.05, 4.69) is 42.9 Å². The van der Waals surface area contributed by atoms with Gasteiger partial charge in [0.05, 0.1) is 11.1 Å². The molecule has 0 saturated carbocycles. The van der Waals surface area contributed by atoms with Crippen LogP contribution in [0.2, 0.25) is 0 Å². The van der Waals surface area contributed by atoms with Gasteiger partial charge in [-0.3, -0.25) is 9.69 Å². The summed E-state index contributed by atoms with van der Waals surface area (Å²) in [4.78, 5) is 40.4. The summed E-state index contributed by atoms with van der Waals surface area (Å²) in [5.74, 6) is -0.178. The number of carboxylic acids is 1. The Morgan fingerprint density at radius 1 is 0.957 bits per heavy atom. The molecule has 1 saturated heterocycles. The Kier molecular flexibility index (Phi) is 11.3.